The molecule has 2 rings (SSSR count). The molecule has 4 heteroatoms. The topological polar surface area (TPSA) is 24.9 Å². The van der Waals surface area contributed by atoms with Crippen LogP contribution in [0.3, 0.4) is 0 Å². The Morgan fingerprint density at radius 1 is 1.50 bits per heavy atom. The van der Waals surface area contributed by atoms with Crippen molar-refractivity contribution in [2.24, 2.45) is 0 Å². The third-order valence-electron chi connectivity index (χ3n) is 1.92. The molecule has 0 saturated carbocycles. The summed E-state index contributed by atoms with van der Waals surface area (Å²) in [5.41, 5.74) is 2.31. The van der Waals surface area contributed by atoms with Crippen molar-refractivity contribution in [2.45, 2.75) is 13.8 Å². The van der Waals surface area contributed by atoms with Gasteiger partial charge in [-0.25, -0.2) is 4.98 Å². The molecule has 0 aliphatic carbocycles. The molecule has 0 fully saturated rings. The Balaban J connectivity index is 2.58. The standard InChI is InChI=1S/C10H11BrN2S/c1-3-12-10-13-9-7(11)4-6(2)5-8(9)14-10/h4-5H,3H2,1-2H3,(H,12,13). The van der Waals surface area contributed by atoms with Gasteiger partial charge in [0.15, 0.2) is 5.13 Å². The second kappa shape index (κ2) is 3.87. The Kier molecular flexibility index (Phi) is 2.74. The largest absolute Gasteiger partial charge is 0.362 e. The second-order valence-corrected chi connectivity index (χ2v) is 5.03. The molecule has 2 nitrogen and oxygen atoms in total. The highest BCUT2D eigenvalue weighted by atomic mass is 79.9. The lowest BCUT2D eigenvalue weighted by Crippen LogP contribution is -1.94. The summed E-state index contributed by atoms with van der Waals surface area (Å²) >= 11 is 5.23. The Bertz CT molecular complexity index is 464. The van der Waals surface area contributed by atoms with Crippen molar-refractivity contribution < 1.29 is 0 Å². The van der Waals surface area contributed by atoms with Crippen LogP contribution in [0.15, 0.2) is 16.6 Å². The van der Waals surface area contributed by atoms with Crippen LogP contribution in [0.5, 0.6) is 0 Å². The number of anilines is 1. The first-order valence-corrected chi connectivity index (χ1v) is 6.12. The summed E-state index contributed by atoms with van der Waals surface area (Å²) in [6.45, 7) is 5.08. The van der Waals surface area contributed by atoms with Gasteiger partial charge in [-0.15, -0.1) is 0 Å². The summed E-state index contributed by atoms with van der Waals surface area (Å²) in [5, 5.41) is 4.22. The van der Waals surface area contributed by atoms with Crippen LogP contribution in [0.25, 0.3) is 10.2 Å². The van der Waals surface area contributed by atoms with E-state index in [1.807, 2.05) is 0 Å². The van der Waals surface area contributed by atoms with Gasteiger partial charge in [0.25, 0.3) is 0 Å². The zero-order valence-electron chi connectivity index (χ0n) is 8.10. The van der Waals surface area contributed by atoms with E-state index in [1.165, 1.54) is 10.3 Å². The summed E-state index contributed by atoms with van der Waals surface area (Å²) in [6.07, 6.45) is 0. The maximum Gasteiger partial charge on any atom is 0.183 e. The molecule has 14 heavy (non-hydrogen) atoms. The summed E-state index contributed by atoms with van der Waals surface area (Å²) in [7, 11) is 0. The van der Waals surface area contributed by atoms with Crippen molar-refractivity contribution >= 4 is 42.6 Å². The summed E-state index contributed by atoms with van der Waals surface area (Å²) in [4.78, 5) is 4.50. The molecule has 1 aromatic heterocycles. The van der Waals surface area contributed by atoms with Crippen molar-refractivity contribution in [1.82, 2.24) is 4.98 Å². The Labute approximate surface area is 95.5 Å². The van der Waals surface area contributed by atoms with E-state index in [9.17, 15) is 0 Å². The molecule has 2 aromatic rings. The number of hydrogen-bond acceptors (Lipinski definition) is 3. The number of halogens is 1. The molecule has 0 saturated heterocycles. The van der Waals surface area contributed by atoms with E-state index in [1.54, 1.807) is 11.3 Å². The van der Waals surface area contributed by atoms with E-state index in [0.29, 0.717) is 0 Å². The predicted octanol–water partition coefficient (Wildman–Crippen LogP) is 3.80. The van der Waals surface area contributed by atoms with E-state index < -0.39 is 0 Å². The molecular weight excluding hydrogens is 260 g/mol. The molecule has 0 bridgehead atoms. The first-order chi connectivity index (χ1) is 6.70. The van der Waals surface area contributed by atoms with E-state index in [2.05, 4.69) is 52.2 Å². The lowest BCUT2D eigenvalue weighted by Gasteiger charge is -1.94. The van der Waals surface area contributed by atoms with Gasteiger partial charge >= 0.3 is 0 Å². The highest BCUT2D eigenvalue weighted by Crippen LogP contribution is 2.32. The van der Waals surface area contributed by atoms with Crippen molar-refractivity contribution in [3.8, 4) is 0 Å². The number of rotatable bonds is 2. The third-order valence-corrected chi connectivity index (χ3v) is 3.49. The van der Waals surface area contributed by atoms with Crippen molar-refractivity contribution in [1.29, 1.82) is 0 Å². The second-order valence-electron chi connectivity index (χ2n) is 3.14. The van der Waals surface area contributed by atoms with Crippen LogP contribution >= 0.6 is 27.3 Å². The summed E-state index contributed by atoms with van der Waals surface area (Å²) < 4.78 is 2.31. The number of nitrogens with one attached hydrogen (secondary N) is 1. The number of nitrogens with zero attached hydrogens (tertiary/aromatic N) is 1. The minimum atomic E-state index is 0.913. The minimum Gasteiger partial charge on any atom is -0.362 e. The van der Waals surface area contributed by atoms with Crippen LogP contribution in [-0.2, 0) is 0 Å². The molecular formula is C10H11BrN2S. The fourth-order valence-corrected chi connectivity index (χ4v) is 3.20. The van der Waals surface area contributed by atoms with Crippen LogP contribution < -0.4 is 5.32 Å². The smallest absolute Gasteiger partial charge is 0.183 e. The third kappa shape index (κ3) is 1.77. The molecule has 1 N–H and O–H groups in total. The van der Waals surface area contributed by atoms with Crippen molar-refractivity contribution in [3.63, 3.8) is 0 Å². The van der Waals surface area contributed by atoms with Crippen LogP contribution in [-0.4, -0.2) is 11.5 Å². The van der Waals surface area contributed by atoms with Gasteiger partial charge in [-0.1, -0.05) is 11.3 Å². The first kappa shape index (κ1) is 9.93. The van der Waals surface area contributed by atoms with Gasteiger partial charge < -0.3 is 5.32 Å². The molecule has 0 amide bonds. The van der Waals surface area contributed by atoms with Gasteiger partial charge in [0, 0.05) is 11.0 Å². The molecule has 0 aliphatic heterocycles. The minimum absolute atomic E-state index is 0.913. The molecule has 0 spiro atoms. The summed E-state index contributed by atoms with van der Waals surface area (Å²) in [5.74, 6) is 0. The Morgan fingerprint density at radius 2 is 2.29 bits per heavy atom. The monoisotopic (exact) mass is 270 g/mol. The van der Waals surface area contributed by atoms with Gasteiger partial charge in [-0.3, -0.25) is 0 Å². The van der Waals surface area contributed by atoms with E-state index in [0.717, 1.165) is 21.7 Å². The van der Waals surface area contributed by atoms with E-state index in [-0.39, 0.29) is 0 Å². The lowest BCUT2D eigenvalue weighted by molar-refractivity contribution is 1.20. The van der Waals surface area contributed by atoms with Crippen LogP contribution in [0.4, 0.5) is 5.13 Å². The SMILES string of the molecule is CCNc1nc2c(Br)cc(C)cc2s1. The fourth-order valence-electron chi connectivity index (χ4n) is 1.34. The van der Waals surface area contributed by atoms with Gasteiger partial charge in [0.1, 0.15) is 0 Å². The van der Waals surface area contributed by atoms with E-state index >= 15 is 0 Å². The fraction of sp³-hybridized carbons (Fsp3) is 0.300. The molecule has 1 heterocycles. The van der Waals surface area contributed by atoms with Gasteiger partial charge in [0.05, 0.1) is 10.2 Å². The molecule has 0 radical (unpaired) electrons. The number of benzene rings is 1. The Morgan fingerprint density at radius 3 is 3.00 bits per heavy atom. The average Bonchev–Trinajstić information content (AvgIpc) is 2.48. The zero-order chi connectivity index (χ0) is 10.1. The molecule has 74 valence electrons. The maximum atomic E-state index is 4.50. The Hall–Kier alpha value is -0.610. The number of aromatic nitrogens is 1. The molecule has 0 aliphatic rings. The van der Waals surface area contributed by atoms with Crippen molar-refractivity contribution in [3.05, 3.63) is 22.2 Å². The van der Waals surface area contributed by atoms with Crippen LogP contribution in [0.2, 0.25) is 0 Å². The van der Waals surface area contributed by atoms with Gasteiger partial charge in [-0.05, 0) is 47.5 Å². The summed E-state index contributed by atoms with van der Waals surface area (Å²) in [6, 6.07) is 4.26. The molecule has 0 atom stereocenters. The molecule has 1 aromatic carbocycles. The highest BCUT2D eigenvalue weighted by Gasteiger charge is 2.06. The average molecular weight is 271 g/mol. The number of thiazole rings is 1. The predicted molar refractivity (Wildman–Crippen MR) is 66.2 cm³/mol. The number of aryl methyl sites for hydroxylation is 1. The normalized spacial score (nSPS) is 10.8. The quantitative estimate of drug-likeness (QED) is 0.898. The number of fused-ring (bicyclic) bond motifs is 1. The highest BCUT2D eigenvalue weighted by molar-refractivity contribution is 9.10. The van der Waals surface area contributed by atoms with E-state index in [4.69, 9.17) is 0 Å². The van der Waals surface area contributed by atoms with Crippen LogP contribution in [0, 0.1) is 6.92 Å². The van der Waals surface area contributed by atoms with Gasteiger partial charge in [-0.2, -0.15) is 0 Å². The van der Waals surface area contributed by atoms with Crippen molar-refractivity contribution in [2.75, 3.05) is 11.9 Å². The first-order valence-electron chi connectivity index (χ1n) is 4.51. The zero-order valence-corrected chi connectivity index (χ0v) is 10.5. The number of hydrogen-bond donors (Lipinski definition) is 1. The maximum absolute atomic E-state index is 4.50. The van der Waals surface area contributed by atoms with Crippen LogP contribution in [0.1, 0.15) is 12.5 Å². The lowest BCUT2D eigenvalue weighted by atomic mass is 10.2. The molecule has 0 unspecified atom stereocenters. The van der Waals surface area contributed by atoms with Gasteiger partial charge in [0.2, 0.25) is 0 Å².